The Morgan fingerprint density at radius 1 is 1.56 bits per heavy atom. The standard InChI is InChI=1S/C10H17NO4S/c1-2-15-8(12)3-5-11-10(9(13)14)4-6-16-7-10/h11H,2-7H2,1H3,(H,13,14). The number of aliphatic carboxylic acids is 1. The maximum absolute atomic E-state index is 11.1. The number of nitrogens with one attached hydrogen (secondary N) is 1. The summed E-state index contributed by atoms with van der Waals surface area (Å²) in [6.45, 7) is 2.46. The van der Waals surface area contributed by atoms with Gasteiger partial charge in [-0.15, -0.1) is 0 Å². The van der Waals surface area contributed by atoms with Crippen LogP contribution >= 0.6 is 11.8 Å². The van der Waals surface area contributed by atoms with Gasteiger partial charge in [0.05, 0.1) is 13.0 Å². The van der Waals surface area contributed by atoms with Crippen molar-refractivity contribution in [3.63, 3.8) is 0 Å². The topological polar surface area (TPSA) is 75.6 Å². The second kappa shape index (κ2) is 6.10. The molecule has 1 heterocycles. The highest BCUT2D eigenvalue weighted by Crippen LogP contribution is 2.28. The first-order chi connectivity index (χ1) is 7.60. The minimum atomic E-state index is -0.850. The molecule has 6 heteroatoms. The van der Waals surface area contributed by atoms with Crippen molar-refractivity contribution < 1.29 is 19.4 Å². The fraction of sp³-hybridized carbons (Fsp3) is 0.800. The van der Waals surface area contributed by atoms with Crippen LogP contribution in [0.25, 0.3) is 0 Å². The fourth-order valence-electron chi connectivity index (χ4n) is 1.59. The van der Waals surface area contributed by atoms with Gasteiger partial charge in [0.1, 0.15) is 5.54 Å². The third-order valence-electron chi connectivity index (χ3n) is 2.53. The Morgan fingerprint density at radius 3 is 2.81 bits per heavy atom. The number of esters is 1. The molecule has 2 N–H and O–H groups in total. The van der Waals surface area contributed by atoms with E-state index in [0.29, 0.717) is 25.3 Å². The molecule has 1 unspecified atom stereocenters. The van der Waals surface area contributed by atoms with Crippen LogP contribution < -0.4 is 5.32 Å². The van der Waals surface area contributed by atoms with Crippen LogP contribution in [0.5, 0.6) is 0 Å². The first-order valence-corrected chi connectivity index (χ1v) is 6.48. The van der Waals surface area contributed by atoms with E-state index in [-0.39, 0.29) is 12.4 Å². The van der Waals surface area contributed by atoms with Crippen LogP contribution in [0.3, 0.4) is 0 Å². The summed E-state index contributed by atoms with van der Waals surface area (Å²) in [4.78, 5) is 22.2. The van der Waals surface area contributed by atoms with Crippen molar-refractivity contribution in [2.75, 3.05) is 24.7 Å². The smallest absolute Gasteiger partial charge is 0.324 e. The highest BCUT2D eigenvalue weighted by molar-refractivity contribution is 7.99. The first kappa shape index (κ1) is 13.3. The lowest BCUT2D eigenvalue weighted by Crippen LogP contribution is -2.52. The number of carboxylic acid groups (broad SMARTS) is 1. The zero-order valence-corrected chi connectivity index (χ0v) is 10.1. The average Bonchev–Trinajstić information content (AvgIpc) is 2.68. The van der Waals surface area contributed by atoms with Gasteiger partial charge in [0.2, 0.25) is 0 Å². The Morgan fingerprint density at radius 2 is 2.31 bits per heavy atom. The molecule has 0 aromatic heterocycles. The molecule has 1 aliphatic heterocycles. The molecule has 1 atom stereocenters. The Balaban J connectivity index is 2.34. The Bertz CT molecular complexity index is 264. The molecular weight excluding hydrogens is 230 g/mol. The summed E-state index contributed by atoms with van der Waals surface area (Å²) >= 11 is 1.62. The van der Waals surface area contributed by atoms with Crippen molar-refractivity contribution in [2.45, 2.75) is 25.3 Å². The van der Waals surface area contributed by atoms with Crippen molar-refractivity contribution in [1.82, 2.24) is 5.32 Å². The Hall–Kier alpha value is -0.750. The predicted molar refractivity (Wildman–Crippen MR) is 61.6 cm³/mol. The molecule has 0 aromatic carbocycles. The van der Waals surface area contributed by atoms with Gasteiger partial charge in [0.15, 0.2) is 0 Å². The SMILES string of the molecule is CCOC(=O)CCNC1(C(=O)O)CCSC1. The Labute approximate surface area is 98.9 Å². The van der Waals surface area contributed by atoms with Crippen LogP contribution in [0.4, 0.5) is 0 Å². The van der Waals surface area contributed by atoms with Crippen molar-refractivity contribution in [3.8, 4) is 0 Å². The number of carbonyl (C=O) groups excluding carboxylic acids is 1. The molecule has 0 bridgehead atoms. The summed E-state index contributed by atoms with van der Waals surface area (Å²) in [6.07, 6.45) is 0.823. The van der Waals surface area contributed by atoms with Gasteiger partial charge >= 0.3 is 11.9 Å². The summed E-state index contributed by atoms with van der Waals surface area (Å²) in [5.41, 5.74) is -0.850. The van der Waals surface area contributed by atoms with Gasteiger partial charge in [-0.25, -0.2) is 0 Å². The lowest BCUT2D eigenvalue weighted by Gasteiger charge is -2.24. The molecule has 0 amide bonds. The summed E-state index contributed by atoms with van der Waals surface area (Å²) in [5.74, 6) is 0.284. The van der Waals surface area contributed by atoms with E-state index in [1.54, 1.807) is 18.7 Å². The quantitative estimate of drug-likeness (QED) is 0.665. The molecular formula is C10H17NO4S. The monoisotopic (exact) mass is 247 g/mol. The molecule has 0 aromatic rings. The van der Waals surface area contributed by atoms with E-state index in [1.807, 2.05) is 0 Å². The number of ether oxygens (including phenoxy) is 1. The molecule has 0 aliphatic carbocycles. The third kappa shape index (κ3) is 3.38. The molecule has 5 nitrogen and oxygen atoms in total. The predicted octanol–water partition coefficient (Wildman–Crippen LogP) is 0.489. The van der Waals surface area contributed by atoms with E-state index in [2.05, 4.69) is 5.32 Å². The second-order valence-electron chi connectivity index (χ2n) is 3.67. The summed E-state index contributed by atoms with van der Waals surface area (Å²) in [5, 5.41) is 12.1. The van der Waals surface area contributed by atoms with E-state index in [4.69, 9.17) is 9.84 Å². The zero-order chi connectivity index (χ0) is 12.0. The molecule has 0 radical (unpaired) electrons. The van der Waals surface area contributed by atoms with Gasteiger partial charge in [0, 0.05) is 12.3 Å². The van der Waals surface area contributed by atoms with Crippen LogP contribution in [0.15, 0.2) is 0 Å². The lowest BCUT2D eigenvalue weighted by molar-refractivity contribution is -0.146. The van der Waals surface area contributed by atoms with Crippen molar-refractivity contribution in [3.05, 3.63) is 0 Å². The number of hydrogen-bond donors (Lipinski definition) is 2. The van der Waals surface area contributed by atoms with Gasteiger partial charge in [-0.1, -0.05) is 0 Å². The number of carboxylic acids is 1. The largest absolute Gasteiger partial charge is 0.480 e. The normalized spacial score (nSPS) is 24.3. The number of rotatable bonds is 6. The maximum Gasteiger partial charge on any atom is 0.324 e. The van der Waals surface area contributed by atoms with Crippen LogP contribution in [0.1, 0.15) is 19.8 Å². The molecule has 1 saturated heterocycles. The second-order valence-corrected chi connectivity index (χ2v) is 4.78. The molecule has 0 saturated carbocycles. The summed E-state index contributed by atoms with van der Waals surface area (Å²) in [6, 6.07) is 0. The number of thioether (sulfide) groups is 1. The van der Waals surface area contributed by atoms with Crippen molar-refractivity contribution >= 4 is 23.7 Å². The lowest BCUT2D eigenvalue weighted by atomic mass is 9.99. The van der Waals surface area contributed by atoms with Crippen LogP contribution in [-0.4, -0.2) is 47.2 Å². The van der Waals surface area contributed by atoms with Crippen LogP contribution in [-0.2, 0) is 14.3 Å². The van der Waals surface area contributed by atoms with E-state index < -0.39 is 11.5 Å². The van der Waals surface area contributed by atoms with Crippen molar-refractivity contribution in [2.24, 2.45) is 0 Å². The molecule has 1 rings (SSSR count). The molecule has 0 spiro atoms. The molecule has 16 heavy (non-hydrogen) atoms. The minimum absolute atomic E-state index is 0.216. The number of carbonyl (C=O) groups is 2. The van der Waals surface area contributed by atoms with Gasteiger partial charge in [-0.05, 0) is 19.1 Å². The third-order valence-corrected chi connectivity index (χ3v) is 3.72. The maximum atomic E-state index is 11.1. The van der Waals surface area contributed by atoms with Gasteiger partial charge in [-0.3, -0.25) is 9.59 Å². The van der Waals surface area contributed by atoms with Crippen molar-refractivity contribution in [1.29, 1.82) is 0 Å². The van der Waals surface area contributed by atoms with E-state index >= 15 is 0 Å². The molecule has 1 aliphatic rings. The fourth-order valence-corrected chi connectivity index (χ4v) is 2.94. The van der Waals surface area contributed by atoms with E-state index in [9.17, 15) is 9.59 Å². The van der Waals surface area contributed by atoms with Gasteiger partial charge in [-0.2, -0.15) is 11.8 Å². The van der Waals surface area contributed by atoms with Crippen LogP contribution in [0, 0.1) is 0 Å². The first-order valence-electron chi connectivity index (χ1n) is 5.32. The summed E-state index contributed by atoms with van der Waals surface area (Å²) < 4.78 is 4.77. The van der Waals surface area contributed by atoms with Gasteiger partial charge in [0.25, 0.3) is 0 Å². The molecule has 92 valence electrons. The zero-order valence-electron chi connectivity index (χ0n) is 9.32. The van der Waals surface area contributed by atoms with Crippen LogP contribution in [0.2, 0.25) is 0 Å². The van der Waals surface area contributed by atoms with E-state index in [0.717, 1.165) is 5.75 Å². The number of hydrogen-bond acceptors (Lipinski definition) is 5. The highest BCUT2D eigenvalue weighted by Gasteiger charge is 2.41. The average molecular weight is 247 g/mol. The summed E-state index contributed by atoms with van der Waals surface area (Å²) in [7, 11) is 0. The van der Waals surface area contributed by atoms with E-state index in [1.165, 1.54) is 0 Å². The highest BCUT2D eigenvalue weighted by atomic mass is 32.2. The minimum Gasteiger partial charge on any atom is -0.480 e. The Kier molecular flexibility index (Phi) is 5.08. The molecule has 1 fully saturated rings. The van der Waals surface area contributed by atoms with Gasteiger partial charge < -0.3 is 15.2 Å².